The molecule has 0 aliphatic rings. The molecule has 0 aromatic heterocycles. The van der Waals surface area contributed by atoms with Crippen LogP contribution in [0.3, 0.4) is 0 Å². The molecule has 1 atom stereocenters. The lowest BCUT2D eigenvalue weighted by Crippen LogP contribution is -2.22. The van der Waals surface area contributed by atoms with Crippen molar-refractivity contribution in [2.75, 3.05) is 20.3 Å². The average molecular weight is 249 g/mol. The lowest BCUT2D eigenvalue weighted by molar-refractivity contribution is 0.110. The highest BCUT2D eigenvalue weighted by Gasteiger charge is 2.09. The highest BCUT2D eigenvalue weighted by Crippen LogP contribution is 2.17. The van der Waals surface area contributed by atoms with Gasteiger partial charge in [0.2, 0.25) is 0 Å². The van der Waals surface area contributed by atoms with Gasteiger partial charge in [-0.25, -0.2) is 0 Å². The molecule has 18 heavy (non-hydrogen) atoms. The predicted octanol–water partition coefficient (Wildman–Crippen LogP) is 3.77. The molecule has 0 spiro atoms. The van der Waals surface area contributed by atoms with Crippen LogP contribution in [0.1, 0.15) is 48.9 Å². The number of nitrogens with one attached hydrogen (secondary N) is 1. The van der Waals surface area contributed by atoms with Gasteiger partial charge in [-0.2, -0.15) is 0 Å². The van der Waals surface area contributed by atoms with E-state index in [4.69, 9.17) is 4.74 Å². The maximum Gasteiger partial charge on any atom is 0.0661 e. The fourth-order valence-electron chi connectivity index (χ4n) is 1.98. The molecule has 1 rings (SSSR count). The van der Waals surface area contributed by atoms with Crippen molar-refractivity contribution in [1.29, 1.82) is 0 Å². The number of hydrogen-bond acceptors (Lipinski definition) is 2. The van der Waals surface area contributed by atoms with Crippen LogP contribution in [0.25, 0.3) is 0 Å². The van der Waals surface area contributed by atoms with Crippen molar-refractivity contribution in [3.05, 3.63) is 34.9 Å². The van der Waals surface area contributed by atoms with Gasteiger partial charge in [-0.1, -0.05) is 38.0 Å². The van der Waals surface area contributed by atoms with Gasteiger partial charge in [0.1, 0.15) is 0 Å². The van der Waals surface area contributed by atoms with Crippen molar-refractivity contribution in [2.24, 2.45) is 0 Å². The fourth-order valence-corrected chi connectivity index (χ4v) is 1.98. The fraction of sp³-hybridized carbons (Fsp3) is 0.625. The minimum Gasteiger partial charge on any atom is -0.379 e. The zero-order valence-corrected chi connectivity index (χ0v) is 12.3. The normalized spacial score (nSPS) is 12.7. The van der Waals surface area contributed by atoms with Crippen LogP contribution in [0, 0.1) is 13.8 Å². The molecule has 0 aliphatic carbocycles. The van der Waals surface area contributed by atoms with E-state index in [-0.39, 0.29) is 0 Å². The minimum atomic E-state index is 0.297. The Balaban J connectivity index is 2.47. The van der Waals surface area contributed by atoms with Gasteiger partial charge in [-0.15, -0.1) is 0 Å². The molecule has 0 saturated heterocycles. The summed E-state index contributed by atoms with van der Waals surface area (Å²) in [6.07, 6.45) is 3.67. The molecular formula is C16H27NO. The van der Waals surface area contributed by atoms with Gasteiger partial charge in [0.05, 0.1) is 12.6 Å². The average Bonchev–Trinajstić information content (AvgIpc) is 2.37. The lowest BCUT2D eigenvalue weighted by Gasteiger charge is -2.18. The van der Waals surface area contributed by atoms with Crippen molar-refractivity contribution in [3.63, 3.8) is 0 Å². The van der Waals surface area contributed by atoms with E-state index in [0.29, 0.717) is 6.04 Å². The summed E-state index contributed by atoms with van der Waals surface area (Å²) >= 11 is 0. The molecular weight excluding hydrogens is 222 g/mol. The van der Waals surface area contributed by atoms with Crippen molar-refractivity contribution in [2.45, 2.75) is 46.1 Å². The largest absolute Gasteiger partial charge is 0.379 e. The Labute approximate surface area is 112 Å². The minimum absolute atomic E-state index is 0.297. The van der Waals surface area contributed by atoms with E-state index in [2.05, 4.69) is 44.3 Å². The summed E-state index contributed by atoms with van der Waals surface area (Å²) in [5.41, 5.74) is 4.01. The third-order valence-electron chi connectivity index (χ3n) is 3.46. The Morgan fingerprint density at radius 3 is 2.56 bits per heavy atom. The topological polar surface area (TPSA) is 21.3 Å². The number of rotatable bonds is 8. The first kappa shape index (κ1) is 15.2. The zero-order valence-electron chi connectivity index (χ0n) is 12.3. The Morgan fingerprint density at radius 2 is 1.94 bits per heavy atom. The lowest BCUT2D eigenvalue weighted by atomic mass is 10.0. The summed E-state index contributed by atoms with van der Waals surface area (Å²) in [6.45, 7) is 8.15. The van der Waals surface area contributed by atoms with Crippen molar-refractivity contribution in [1.82, 2.24) is 5.32 Å². The van der Waals surface area contributed by atoms with Crippen LogP contribution in [0.5, 0.6) is 0 Å². The molecule has 0 saturated carbocycles. The van der Waals surface area contributed by atoms with Gasteiger partial charge in [0.25, 0.3) is 0 Å². The molecule has 0 heterocycles. The summed E-state index contributed by atoms with van der Waals surface area (Å²) in [6, 6.07) is 6.93. The van der Waals surface area contributed by atoms with E-state index in [1.165, 1.54) is 36.0 Å². The first-order valence-corrected chi connectivity index (χ1v) is 7.01. The van der Waals surface area contributed by atoms with Crippen LogP contribution in [-0.4, -0.2) is 20.3 Å². The van der Waals surface area contributed by atoms with Crippen molar-refractivity contribution >= 4 is 0 Å². The molecule has 1 aromatic rings. The number of unbranched alkanes of at least 4 members (excludes halogenated alkanes) is 2. The number of hydrogen-bond donors (Lipinski definition) is 1. The number of aryl methyl sites for hydroxylation is 2. The molecule has 0 radical (unpaired) electrons. The van der Waals surface area contributed by atoms with Gasteiger partial charge in [0, 0.05) is 6.61 Å². The molecule has 102 valence electrons. The van der Waals surface area contributed by atoms with Crippen LogP contribution < -0.4 is 5.32 Å². The van der Waals surface area contributed by atoms with Crippen molar-refractivity contribution < 1.29 is 4.74 Å². The van der Waals surface area contributed by atoms with Crippen LogP contribution in [0.2, 0.25) is 0 Å². The van der Waals surface area contributed by atoms with E-state index in [1.54, 1.807) is 0 Å². The number of likely N-dealkylation sites (N-methyl/N-ethyl adjacent to an activating group) is 1. The van der Waals surface area contributed by atoms with Crippen LogP contribution >= 0.6 is 0 Å². The van der Waals surface area contributed by atoms with E-state index in [0.717, 1.165) is 13.2 Å². The number of benzene rings is 1. The summed E-state index contributed by atoms with van der Waals surface area (Å²) in [7, 11) is 2.00. The van der Waals surface area contributed by atoms with Crippen LogP contribution in [-0.2, 0) is 4.74 Å². The summed E-state index contributed by atoms with van der Waals surface area (Å²) in [5, 5.41) is 3.33. The second-order valence-electron chi connectivity index (χ2n) is 4.97. The van der Waals surface area contributed by atoms with Crippen LogP contribution in [0.15, 0.2) is 18.2 Å². The summed E-state index contributed by atoms with van der Waals surface area (Å²) < 4.78 is 5.75. The molecule has 2 nitrogen and oxygen atoms in total. The zero-order chi connectivity index (χ0) is 13.4. The molecule has 1 unspecified atom stereocenters. The van der Waals surface area contributed by atoms with Gasteiger partial charge < -0.3 is 10.1 Å². The highest BCUT2D eigenvalue weighted by molar-refractivity contribution is 5.31. The molecule has 2 heteroatoms. The Morgan fingerprint density at radius 1 is 1.17 bits per heavy atom. The van der Waals surface area contributed by atoms with Gasteiger partial charge in [-0.3, -0.25) is 0 Å². The maximum absolute atomic E-state index is 5.75. The quantitative estimate of drug-likeness (QED) is 0.708. The number of ether oxygens (including phenoxy) is 1. The van der Waals surface area contributed by atoms with Crippen LogP contribution in [0.4, 0.5) is 0 Å². The van der Waals surface area contributed by atoms with E-state index in [1.807, 2.05) is 7.05 Å². The monoisotopic (exact) mass is 249 g/mol. The molecule has 0 bridgehead atoms. The third-order valence-corrected chi connectivity index (χ3v) is 3.46. The maximum atomic E-state index is 5.75. The third kappa shape index (κ3) is 4.79. The van der Waals surface area contributed by atoms with Gasteiger partial charge in [-0.05, 0) is 44.0 Å². The van der Waals surface area contributed by atoms with Gasteiger partial charge >= 0.3 is 0 Å². The highest BCUT2D eigenvalue weighted by atomic mass is 16.5. The SMILES string of the molecule is CCCCCOCC(NC)c1ccc(C)c(C)c1. The molecule has 0 fully saturated rings. The second kappa shape index (κ2) is 8.28. The Kier molecular flexibility index (Phi) is 6.99. The van der Waals surface area contributed by atoms with Crippen molar-refractivity contribution in [3.8, 4) is 0 Å². The Bertz CT molecular complexity index is 349. The molecule has 0 amide bonds. The predicted molar refractivity (Wildman–Crippen MR) is 78.1 cm³/mol. The molecule has 1 aromatic carbocycles. The van der Waals surface area contributed by atoms with E-state index in [9.17, 15) is 0 Å². The smallest absolute Gasteiger partial charge is 0.0661 e. The molecule has 0 aliphatic heterocycles. The standard InChI is InChI=1S/C16H27NO/c1-5-6-7-10-18-12-16(17-4)15-9-8-13(2)14(3)11-15/h8-9,11,16-17H,5-7,10,12H2,1-4H3. The summed E-state index contributed by atoms with van der Waals surface area (Å²) in [5.74, 6) is 0. The Hall–Kier alpha value is -0.860. The molecule has 1 N–H and O–H groups in total. The first-order valence-electron chi connectivity index (χ1n) is 7.01. The van der Waals surface area contributed by atoms with Gasteiger partial charge in [0.15, 0.2) is 0 Å². The van der Waals surface area contributed by atoms with E-state index >= 15 is 0 Å². The first-order chi connectivity index (χ1) is 8.69. The second-order valence-corrected chi connectivity index (χ2v) is 4.97. The summed E-state index contributed by atoms with van der Waals surface area (Å²) in [4.78, 5) is 0. The van der Waals surface area contributed by atoms with E-state index < -0.39 is 0 Å².